The molecule has 3 N–H and O–H groups in total. The topological polar surface area (TPSA) is 107 Å². The van der Waals surface area contributed by atoms with Crippen LogP contribution in [0.2, 0.25) is 0 Å². The second-order valence-electron chi connectivity index (χ2n) is 4.61. The first-order chi connectivity index (χ1) is 7.60. The van der Waals surface area contributed by atoms with Crippen LogP contribution in [0.3, 0.4) is 0 Å². The van der Waals surface area contributed by atoms with Gasteiger partial charge in [0.05, 0.1) is 6.42 Å². The molecule has 0 aliphatic rings. The molecule has 0 heterocycles. The summed E-state index contributed by atoms with van der Waals surface area (Å²) in [5.41, 5.74) is -0.555. The Bertz CT molecular complexity index is 352. The Balaban J connectivity index is 4.33. The van der Waals surface area contributed by atoms with Crippen LogP contribution in [-0.4, -0.2) is 55.6 Å². The Morgan fingerprint density at radius 3 is 2.35 bits per heavy atom. The molecule has 0 spiro atoms. The van der Waals surface area contributed by atoms with Crippen molar-refractivity contribution >= 4 is 16.2 Å². The Kier molecular flexibility index (Phi) is 6.03. The van der Waals surface area contributed by atoms with Gasteiger partial charge in [-0.1, -0.05) is 13.8 Å². The molecule has 0 unspecified atom stereocenters. The van der Waals surface area contributed by atoms with Crippen LogP contribution in [0.15, 0.2) is 0 Å². The minimum Gasteiger partial charge on any atom is -0.481 e. The summed E-state index contributed by atoms with van der Waals surface area (Å²) in [5.74, 6) is -1.05. The normalized spacial score (nSPS) is 13.0. The first-order valence-corrected chi connectivity index (χ1v) is 6.58. The molecule has 17 heavy (non-hydrogen) atoms. The van der Waals surface area contributed by atoms with Gasteiger partial charge in [0.2, 0.25) is 0 Å². The van der Waals surface area contributed by atoms with Gasteiger partial charge >= 0.3 is 5.97 Å². The molecule has 8 heteroatoms. The lowest BCUT2D eigenvalue weighted by Crippen LogP contribution is -2.43. The molecular formula is C9H20N2O5S. The average molecular weight is 268 g/mol. The Morgan fingerprint density at radius 2 is 1.94 bits per heavy atom. The van der Waals surface area contributed by atoms with E-state index in [4.69, 9.17) is 10.2 Å². The fourth-order valence-corrected chi connectivity index (χ4v) is 1.95. The monoisotopic (exact) mass is 268 g/mol. The number of carboxylic acid groups (broad SMARTS) is 1. The number of carboxylic acids is 1. The van der Waals surface area contributed by atoms with E-state index < -0.39 is 21.6 Å². The molecule has 0 rings (SSSR count). The predicted molar refractivity (Wildman–Crippen MR) is 62.7 cm³/mol. The standard InChI is InChI=1S/C9H20N2O5S/c1-9(2,7-12)6-10-17(15,16)11(3)5-4-8(13)14/h10,12H,4-7H2,1-3H3,(H,13,14). The van der Waals surface area contributed by atoms with Crippen molar-refractivity contribution in [1.29, 1.82) is 0 Å². The van der Waals surface area contributed by atoms with Crippen LogP contribution >= 0.6 is 0 Å². The third-order valence-corrected chi connectivity index (χ3v) is 3.72. The quantitative estimate of drug-likeness (QED) is 0.537. The molecule has 7 nitrogen and oxygen atoms in total. The summed E-state index contributed by atoms with van der Waals surface area (Å²) < 4.78 is 26.5. The fourth-order valence-electron chi connectivity index (χ4n) is 0.826. The molecule has 0 saturated heterocycles. The van der Waals surface area contributed by atoms with Crippen molar-refractivity contribution in [3.8, 4) is 0 Å². The summed E-state index contributed by atoms with van der Waals surface area (Å²) in [5, 5.41) is 17.4. The van der Waals surface area contributed by atoms with Crippen molar-refractivity contribution in [2.24, 2.45) is 5.41 Å². The van der Waals surface area contributed by atoms with E-state index in [2.05, 4.69) is 4.72 Å². The second kappa shape index (κ2) is 6.29. The maximum absolute atomic E-state index is 11.6. The molecule has 0 aromatic heterocycles. The number of nitrogens with one attached hydrogen (secondary N) is 1. The Hall–Kier alpha value is -0.700. The minimum atomic E-state index is -3.69. The summed E-state index contributed by atoms with van der Waals surface area (Å²) in [6, 6.07) is 0. The highest BCUT2D eigenvalue weighted by Gasteiger charge is 2.23. The van der Waals surface area contributed by atoms with Crippen LogP contribution in [0.4, 0.5) is 0 Å². The lowest BCUT2D eigenvalue weighted by Gasteiger charge is -2.24. The molecule has 102 valence electrons. The minimum absolute atomic E-state index is 0.0866. The molecule has 0 saturated carbocycles. The third-order valence-electron chi connectivity index (χ3n) is 2.21. The molecule has 0 aliphatic heterocycles. The maximum Gasteiger partial charge on any atom is 0.304 e. The zero-order valence-electron chi connectivity index (χ0n) is 10.3. The fraction of sp³-hybridized carbons (Fsp3) is 0.889. The van der Waals surface area contributed by atoms with Crippen LogP contribution in [0.25, 0.3) is 0 Å². The summed E-state index contributed by atoms with van der Waals surface area (Å²) >= 11 is 0. The number of nitrogens with zero attached hydrogens (tertiary/aromatic N) is 1. The van der Waals surface area contributed by atoms with E-state index in [9.17, 15) is 13.2 Å². The predicted octanol–water partition coefficient (Wildman–Crippen LogP) is -0.754. The summed E-state index contributed by atoms with van der Waals surface area (Å²) in [4.78, 5) is 10.3. The van der Waals surface area contributed by atoms with Gasteiger partial charge < -0.3 is 10.2 Å². The first-order valence-electron chi connectivity index (χ1n) is 5.14. The van der Waals surface area contributed by atoms with Gasteiger partial charge in [-0.3, -0.25) is 4.79 Å². The highest BCUT2D eigenvalue weighted by atomic mass is 32.2. The van der Waals surface area contributed by atoms with Crippen LogP contribution in [0.1, 0.15) is 20.3 Å². The smallest absolute Gasteiger partial charge is 0.304 e. The van der Waals surface area contributed by atoms with Gasteiger partial charge in [-0.15, -0.1) is 0 Å². The van der Waals surface area contributed by atoms with Crippen molar-refractivity contribution in [1.82, 2.24) is 9.03 Å². The number of hydrogen-bond acceptors (Lipinski definition) is 4. The number of carbonyl (C=O) groups is 1. The molecule has 0 atom stereocenters. The molecule has 0 bridgehead atoms. The summed E-state index contributed by atoms with van der Waals surface area (Å²) in [6.45, 7) is 3.28. The molecule has 0 aliphatic carbocycles. The number of rotatable bonds is 8. The maximum atomic E-state index is 11.6. The van der Waals surface area contributed by atoms with Gasteiger partial charge in [0.15, 0.2) is 0 Å². The molecular weight excluding hydrogens is 248 g/mol. The number of aliphatic carboxylic acids is 1. The highest BCUT2D eigenvalue weighted by Crippen LogP contribution is 2.12. The third kappa shape index (κ3) is 6.57. The average Bonchev–Trinajstić information content (AvgIpc) is 2.23. The second-order valence-corrected chi connectivity index (χ2v) is 6.48. The van der Waals surface area contributed by atoms with Crippen molar-refractivity contribution in [2.45, 2.75) is 20.3 Å². The van der Waals surface area contributed by atoms with Gasteiger partial charge in [0, 0.05) is 32.2 Å². The van der Waals surface area contributed by atoms with E-state index in [-0.39, 0.29) is 26.1 Å². The van der Waals surface area contributed by atoms with Gasteiger partial charge in [-0.2, -0.15) is 12.7 Å². The molecule has 0 fully saturated rings. The number of aliphatic hydroxyl groups is 1. The van der Waals surface area contributed by atoms with Crippen LogP contribution in [0.5, 0.6) is 0 Å². The number of aliphatic hydroxyl groups excluding tert-OH is 1. The Labute approximate surface area is 102 Å². The molecule has 0 amide bonds. The van der Waals surface area contributed by atoms with Crippen LogP contribution in [0, 0.1) is 5.41 Å². The van der Waals surface area contributed by atoms with Crippen molar-refractivity contribution in [3.05, 3.63) is 0 Å². The van der Waals surface area contributed by atoms with Crippen LogP contribution in [-0.2, 0) is 15.0 Å². The molecule has 0 aromatic carbocycles. The van der Waals surface area contributed by atoms with E-state index in [0.29, 0.717) is 0 Å². The molecule has 0 aromatic rings. The van der Waals surface area contributed by atoms with E-state index in [0.717, 1.165) is 4.31 Å². The molecule has 0 radical (unpaired) electrons. The SMILES string of the molecule is CN(CCC(=O)O)S(=O)(=O)NCC(C)(C)CO. The lowest BCUT2D eigenvalue weighted by atomic mass is 9.96. The van der Waals surface area contributed by atoms with E-state index in [1.165, 1.54) is 7.05 Å². The van der Waals surface area contributed by atoms with Crippen molar-refractivity contribution in [3.63, 3.8) is 0 Å². The van der Waals surface area contributed by atoms with Gasteiger partial charge in [-0.05, 0) is 0 Å². The van der Waals surface area contributed by atoms with E-state index >= 15 is 0 Å². The van der Waals surface area contributed by atoms with Gasteiger partial charge in [-0.25, -0.2) is 4.72 Å². The van der Waals surface area contributed by atoms with Crippen molar-refractivity contribution in [2.75, 3.05) is 26.7 Å². The first kappa shape index (κ1) is 16.3. The lowest BCUT2D eigenvalue weighted by molar-refractivity contribution is -0.137. The van der Waals surface area contributed by atoms with E-state index in [1.54, 1.807) is 13.8 Å². The zero-order chi connectivity index (χ0) is 13.7. The number of hydrogen-bond donors (Lipinski definition) is 3. The van der Waals surface area contributed by atoms with E-state index in [1.807, 2.05) is 0 Å². The zero-order valence-corrected chi connectivity index (χ0v) is 11.1. The summed E-state index contributed by atoms with van der Waals surface area (Å²) in [7, 11) is -2.39. The highest BCUT2D eigenvalue weighted by molar-refractivity contribution is 7.87. The van der Waals surface area contributed by atoms with Gasteiger partial charge in [0.25, 0.3) is 10.2 Å². The van der Waals surface area contributed by atoms with Crippen molar-refractivity contribution < 1.29 is 23.4 Å². The van der Waals surface area contributed by atoms with Crippen LogP contribution < -0.4 is 4.72 Å². The van der Waals surface area contributed by atoms with Gasteiger partial charge in [0.1, 0.15) is 0 Å². The largest absolute Gasteiger partial charge is 0.481 e. The Morgan fingerprint density at radius 1 is 1.41 bits per heavy atom. The summed E-state index contributed by atoms with van der Waals surface area (Å²) in [6.07, 6.45) is -0.249.